The monoisotopic (exact) mass is 296 g/mol. The van der Waals surface area contributed by atoms with Crippen LogP contribution in [0.2, 0.25) is 5.02 Å². The van der Waals surface area contributed by atoms with Crippen LogP contribution in [0.25, 0.3) is 0 Å². The Morgan fingerprint density at radius 1 is 1.35 bits per heavy atom. The van der Waals surface area contributed by atoms with Gasteiger partial charge in [0.1, 0.15) is 5.75 Å². The lowest BCUT2D eigenvalue weighted by molar-refractivity contribution is -0.143. The first-order chi connectivity index (χ1) is 9.31. The van der Waals surface area contributed by atoms with E-state index in [-0.39, 0.29) is 11.7 Å². The summed E-state index contributed by atoms with van der Waals surface area (Å²) in [6.07, 6.45) is 2.87. The third kappa shape index (κ3) is 2.18. The van der Waals surface area contributed by atoms with Gasteiger partial charge in [-0.2, -0.15) is 0 Å². The molecule has 0 aliphatic heterocycles. The number of carboxylic acid groups (broad SMARTS) is 1. The molecule has 1 aliphatic rings. The van der Waals surface area contributed by atoms with Gasteiger partial charge in [-0.25, -0.2) is 0 Å². The maximum absolute atomic E-state index is 11.9. The van der Waals surface area contributed by atoms with Crippen molar-refractivity contribution < 1.29 is 15.0 Å². The fraction of sp³-hybridized carbons (Fsp3) is 0.562. The average molecular weight is 297 g/mol. The number of carbonyl (C=O) groups is 1. The molecule has 0 bridgehead atoms. The zero-order chi connectivity index (χ0) is 15.1. The third-order valence-corrected chi connectivity index (χ3v) is 4.89. The summed E-state index contributed by atoms with van der Waals surface area (Å²) in [6.45, 7) is 5.73. The summed E-state index contributed by atoms with van der Waals surface area (Å²) in [5.41, 5.74) is 0.961. The lowest BCUT2D eigenvalue weighted by Crippen LogP contribution is -2.33. The second kappa shape index (κ2) is 5.28. The molecule has 4 heteroatoms. The van der Waals surface area contributed by atoms with Crippen LogP contribution in [0.4, 0.5) is 0 Å². The lowest BCUT2D eigenvalue weighted by atomic mass is 9.75. The highest BCUT2D eigenvalue weighted by molar-refractivity contribution is 6.31. The minimum atomic E-state index is -0.983. The zero-order valence-corrected chi connectivity index (χ0v) is 12.9. The Kier molecular flexibility index (Phi) is 4.01. The van der Waals surface area contributed by atoms with Crippen molar-refractivity contribution in [3.05, 3.63) is 27.8 Å². The molecule has 1 aromatic rings. The highest BCUT2D eigenvalue weighted by Crippen LogP contribution is 2.49. The molecule has 0 unspecified atom stereocenters. The number of rotatable bonds is 3. The number of phenolic OH excluding ortho intramolecular Hbond substituents is 1. The molecular formula is C16H21ClO3. The number of phenols is 1. The van der Waals surface area contributed by atoms with Crippen molar-refractivity contribution in [2.75, 3.05) is 0 Å². The molecule has 0 saturated heterocycles. The van der Waals surface area contributed by atoms with Crippen LogP contribution in [0.3, 0.4) is 0 Å². The van der Waals surface area contributed by atoms with E-state index >= 15 is 0 Å². The number of benzene rings is 1. The van der Waals surface area contributed by atoms with Crippen molar-refractivity contribution >= 4 is 17.6 Å². The molecule has 0 radical (unpaired) electrons. The van der Waals surface area contributed by atoms with Gasteiger partial charge < -0.3 is 10.2 Å². The van der Waals surface area contributed by atoms with E-state index in [9.17, 15) is 15.0 Å². The zero-order valence-electron chi connectivity index (χ0n) is 12.2. The van der Waals surface area contributed by atoms with Gasteiger partial charge in [-0.15, -0.1) is 0 Å². The number of aliphatic carboxylic acids is 1. The molecule has 2 rings (SSSR count). The van der Waals surface area contributed by atoms with Crippen LogP contribution in [0.5, 0.6) is 5.75 Å². The predicted molar refractivity (Wildman–Crippen MR) is 79.7 cm³/mol. The Morgan fingerprint density at radius 3 is 2.35 bits per heavy atom. The smallest absolute Gasteiger partial charge is 0.314 e. The fourth-order valence-electron chi connectivity index (χ4n) is 3.33. The predicted octanol–water partition coefficient (Wildman–Crippen LogP) is 4.37. The molecule has 1 fully saturated rings. The summed E-state index contributed by atoms with van der Waals surface area (Å²) in [5, 5.41) is 20.9. The average Bonchev–Trinajstić information content (AvgIpc) is 2.84. The van der Waals surface area contributed by atoms with Crippen molar-refractivity contribution in [1.29, 1.82) is 0 Å². The van der Waals surface area contributed by atoms with E-state index in [4.69, 9.17) is 11.6 Å². The van der Waals surface area contributed by atoms with E-state index in [0.29, 0.717) is 29.0 Å². The van der Waals surface area contributed by atoms with Crippen molar-refractivity contribution in [2.24, 2.45) is 0 Å². The van der Waals surface area contributed by atoms with Crippen LogP contribution in [-0.4, -0.2) is 16.2 Å². The molecule has 2 N–H and O–H groups in total. The Balaban J connectivity index is 2.75. The van der Waals surface area contributed by atoms with Gasteiger partial charge in [0.15, 0.2) is 0 Å². The summed E-state index contributed by atoms with van der Waals surface area (Å²) in [5.74, 6) is -0.643. The quantitative estimate of drug-likeness (QED) is 0.870. The molecule has 110 valence electrons. The number of halogens is 1. The third-order valence-electron chi connectivity index (χ3n) is 4.49. The topological polar surface area (TPSA) is 57.5 Å². The molecule has 0 heterocycles. The number of carboxylic acids is 1. The van der Waals surface area contributed by atoms with Crippen LogP contribution < -0.4 is 0 Å². The molecule has 20 heavy (non-hydrogen) atoms. The molecule has 0 atom stereocenters. The number of aromatic hydroxyl groups is 1. The van der Waals surface area contributed by atoms with E-state index in [1.54, 1.807) is 13.0 Å². The van der Waals surface area contributed by atoms with E-state index < -0.39 is 11.4 Å². The summed E-state index contributed by atoms with van der Waals surface area (Å²) in [6, 6.07) is 1.75. The summed E-state index contributed by atoms with van der Waals surface area (Å²) in [7, 11) is 0. The van der Waals surface area contributed by atoms with Gasteiger partial charge >= 0.3 is 5.97 Å². The molecular weight excluding hydrogens is 276 g/mol. The van der Waals surface area contributed by atoms with E-state index in [2.05, 4.69) is 0 Å². The van der Waals surface area contributed by atoms with Gasteiger partial charge in [-0.3, -0.25) is 4.79 Å². The van der Waals surface area contributed by atoms with Crippen molar-refractivity contribution in [3.63, 3.8) is 0 Å². The van der Waals surface area contributed by atoms with Crippen LogP contribution in [-0.2, 0) is 10.2 Å². The van der Waals surface area contributed by atoms with Gasteiger partial charge in [0.25, 0.3) is 0 Å². The second-order valence-electron chi connectivity index (χ2n) is 6.05. The molecule has 0 amide bonds. The van der Waals surface area contributed by atoms with Crippen molar-refractivity contribution in [1.82, 2.24) is 0 Å². The van der Waals surface area contributed by atoms with Crippen LogP contribution in [0, 0.1) is 6.92 Å². The molecule has 0 aromatic heterocycles. The first-order valence-corrected chi connectivity index (χ1v) is 7.45. The maximum Gasteiger partial charge on any atom is 0.314 e. The molecule has 3 nitrogen and oxygen atoms in total. The Bertz CT molecular complexity index is 543. The summed E-state index contributed by atoms with van der Waals surface area (Å²) < 4.78 is 0. The molecule has 0 spiro atoms. The highest BCUT2D eigenvalue weighted by Gasteiger charge is 2.46. The van der Waals surface area contributed by atoms with Gasteiger partial charge in [0, 0.05) is 10.6 Å². The molecule has 1 saturated carbocycles. The Hall–Kier alpha value is -1.22. The van der Waals surface area contributed by atoms with E-state index in [0.717, 1.165) is 18.4 Å². The Morgan fingerprint density at radius 2 is 1.90 bits per heavy atom. The van der Waals surface area contributed by atoms with E-state index in [1.165, 1.54) is 0 Å². The number of hydrogen-bond acceptors (Lipinski definition) is 2. The number of hydrogen-bond donors (Lipinski definition) is 2. The minimum absolute atomic E-state index is 0.0964. The van der Waals surface area contributed by atoms with Crippen molar-refractivity contribution in [2.45, 2.75) is 57.8 Å². The van der Waals surface area contributed by atoms with Crippen LogP contribution >= 0.6 is 11.6 Å². The van der Waals surface area contributed by atoms with Crippen LogP contribution in [0.1, 0.15) is 62.1 Å². The summed E-state index contributed by atoms with van der Waals surface area (Å²) in [4.78, 5) is 11.9. The van der Waals surface area contributed by atoms with Gasteiger partial charge in [-0.05, 0) is 42.9 Å². The lowest BCUT2D eigenvalue weighted by Gasteiger charge is -2.29. The standard InChI is InChI=1S/C16H21ClO3/c1-9(2)11-8-12(17)10(3)13(14(11)18)16(15(19)20)6-4-5-7-16/h8-9,18H,4-7H2,1-3H3,(H,19,20). The largest absolute Gasteiger partial charge is 0.507 e. The Labute approximate surface area is 124 Å². The van der Waals surface area contributed by atoms with Gasteiger partial charge in [-0.1, -0.05) is 38.3 Å². The SMILES string of the molecule is Cc1c(Cl)cc(C(C)C)c(O)c1C1(C(=O)O)CCCC1. The van der Waals surface area contributed by atoms with Gasteiger partial charge in [0.2, 0.25) is 0 Å². The van der Waals surface area contributed by atoms with E-state index in [1.807, 2.05) is 13.8 Å². The molecule has 1 aromatic carbocycles. The summed E-state index contributed by atoms with van der Waals surface area (Å²) >= 11 is 6.28. The minimum Gasteiger partial charge on any atom is -0.507 e. The van der Waals surface area contributed by atoms with Crippen molar-refractivity contribution in [3.8, 4) is 5.75 Å². The second-order valence-corrected chi connectivity index (χ2v) is 6.45. The fourth-order valence-corrected chi connectivity index (χ4v) is 3.54. The first kappa shape index (κ1) is 15.2. The van der Waals surface area contributed by atoms with Crippen LogP contribution in [0.15, 0.2) is 6.07 Å². The maximum atomic E-state index is 11.9. The highest BCUT2D eigenvalue weighted by atomic mass is 35.5. The normalized spacial score (nSPS) is 17.6. The van der Waals surface area contributed by atoms with Gasteiger partial charge in [0.05, 0.1) is 5.41 Å². The molecule has 1 aliphatic carbocycles. The first-order valence-electron chi connectivity index (χ1n) is 7.07.